The molecule has 0 radical (unpaired) electrons. The number of hydrogen-bond donors (Lipinski definition) is 1. The highest BCUT2D eigenvalue weighted by Gasteiger charge is 2.20. The van der Waals surface area contributed by atoms with Crippen LogP contribution in [0.2, 0.25) is 0 Å². The third-order valence-corrected chi connectivity index (χ3v) is 6.71. The summed E-state index contributed by atoms with van der Waals surface area (Å²) in [6.45, 7) is 6.73. The number of nitrogens with zero attached hydrogens (tertiary/aromatic N) is 1. The molecule has 3 aromatic rings. The molecular weight excluding hydrogens is 432 g/mol. The average molecular weight is 465 g/mol. The molecule has 0 aliphatic rings. The highest BCUT2D eigenvalue weighted by molar-refractivity contribution is 7.92. The first-order valence-corrected chi connectivity index (χ1v) is 13.0. The Hall–Kier alpha value is -3.12. The van der Waals surface area contributed by atoms with E-state index in [1.54, 1.807) is 12.1 Å². The zero-order valence-electron chi connectivity index (χ0n) is 19.8. The number of sulfonamides is 1. The van der Waals surface area contributed by atoms with Crippen LogP contribution in [0.5, 0.6) is 0 Å². The lowest BCUT2D eigenvalue weighted by Crippen LogP contribution is -2.30. The smallest absolute Gasteiger partial charge is 0.251 e. The molecule has 6 heteroatoms. The van der Waals surface area contributed by atoms with Crippen molar-refractivity contribution in [1.82, 2.24) is 5.32 Å². The number of carbonyl (C=O) groups is 1. The third kappa shape index (κ3) is 6.93. The SMILES string of the molecule is Cc1cccc(CCCNC(=O)c2ccc(CN(c3cc(C)ccc3C)S(C)(=O)=O)cc2)c1. The molecule has 0 heterocycles. The molecule has 0 aromatic heterocycles. The van der Waals surface area contributed by atoms with Gasteiger partial charge in [-0.25, -0.2) is 8.42 Å². The van der Waals surface area contributed by atoms with E-state index in [-0.39, 0.29) is 12.5 Å². The van der Waals surface area contributed by atoms with Crippen LogP contribution >= 0.6 is 0 Å². The Labute approximate surface area is 197 Å². The molecule has 3 aromatic carbocycles. The summed E-state index contributed by atoms with van der Waals surface area (Å²) < 4.78 is 26.4. The fourth-order valence-corrected chi connectivity index (χ4v) is 4.70. The second kappa shape index (κ2) is 10.7. The Morgan fingerprint density at radius 3 is 2.24 bits per heavy atom. The van der Waals surface area contributed by atoms with Gasteiger partial charge in [-0.05, 0) is 74.1 Å². The van der Waals surface area contributed by atoms with E-state index in [0.29, 0.717) is 17.8 Å². The molecule has 1 N–H and O–H groups in total. The average Bonchev–Trinajstić information content (AvgIpc) is 2.76. The van der Waals surface area contributed by atoms with Crippen molar-refractivity contribution in [3.63, 3.8) is 0 Å². The highest BCUT2D eigenvalue weighted by atomic mass is 32.2. The number of anilines is 1. The molecule has 0 bridgehead atoms. The molecule has 0 spiro atoms. The maximum absolute atomic E-state index is 12.5. The van der Waals surface area contributed by atoms with E-state index < -0.39 is 10.0 Å². The van der Waals surface area contributed by atoms with E-state index >= 15 is 0 Å². The van der Waals surface area contributed by atoms with E-state index in [9.17, 15) is 13.2 Å². The van der Waals surface area contributed by atoms with E-state index in [4.69, 9.17) is 0 Å². The van der Waals surface area contributed by atoms with Gasteiger partial charge in [0, 0.05) is 12.1 Å². The molecule has 33 heavy (non-hydrogen) atoms. The molecule has 1 amide bonds. The van der Waals surface area contributed by atoms with Gasteiger partial charge in [-0.1, -0.05) is 54.1 Å². The second-order valence-electron chi connectivity index (χ2n) is 8.61. The number of carbonyl (C=O) groups excluding carboxylic acids is 1. The van der Waals surface area contributed by atoms with Gasteiger partial charge in [0.2, 0.25) is 10.0 Å². The van der Waals surface area contributed by atoms with Crippen LogP contribution in [0.25, 0.3) is 0 Å². The first-order chi connectivity index (χ1) is 15.6. The van der Waals surface area contributed by atoms with Crippen LogP contribution in [0.15, 0.2) is 66.7 Å². The predicted molar refractivity (Wildman–Crippen MR) is 135 cm³/mol. The zero-order chi connectivity index (χ0) is 24.0. The van der Waals surface area contributed by atoms with E-state index in [2.05, 4.69) is 36.5 Å². The predicted octanol–water partition coefficient (Wildman–Crippen LogP) is 4.94. The number of rotatable bonds is 9. The first kappa shape index (κ1) is 24.5. The summed E-state index contributed by atoms with van der Waals surface area (Å²) in [7, 11) is -3.47. The Bertz CT molecular complexity index is 1220. The van der Waals surface area contributed by atoms with Gasteiger partial charge in [-0.15, -0.1) is 0 Å². The summed E-state index contributed by atoms with van der Waals surface area (Å²) in [6, 6.07) is 21.3. The van der Waals surface area contributed by atoms with Crippen molar-refractivity contribution < 1.29 is 13.2 Å². The molecule has 5 nitrogen and oxygen atoms in total. The molecule has 0 saturated carbocycles. The monoisotopic (exact) mass is 464 g/mol. The van der Waals surface area contributed by atoms with Crippen LogP contribution in [-0.4, -0.2) is 27.1 Å². The van der Waals surface area contributed by atoms with E-state index in [1.807, 2.05) is 44.2 Å². The van der Waals surface area contributed by atoms with Gasteiger partial charge >= 0.3 is 0 Å². The lowest BCUT2D eigenvalue weighted by Gasteiger charge is -2.25. The van der Waals surface area contributed by atoms with E-state index in [0.717, 1.165) is 29.5 Å². The molecule has 0 unspecified atom stereocenters. The van der Waals surface area contributed by atoms with Crippen LogP contribution in [-0.2, 0) is 23.0 Å². The quantitative estimate of drug-likeness (QED) is 0.456. The summed E-state index contributed by atoms with van der Waals surface area (Å²) in [4.78, 5) is 12.5. The van der Waals surface area contributed by atoms with Gasteiger partial charge < -0.3 is 5.32 Å². The maximum atomic E-state index is 12.5. The Kier molecular flexibility index (Phi) is 7.92. The normalized spacial score (nSPS) is 11.3. The van der Waals surface area contributed by atoms with Gasteiger partial charge in [0.25, 0.3) is 5.91 Å². The molecule has 3 rings (SSSR count). The number of amides is 1. The fourth-order valence-electron chi connectivity index (χ4n) is 3.76. The molecule has 0 fully saturated rings. The van der Waals surface area contributed by atoms with Crippen molar-refractivity contribution in [3.8, 4) is 0 Å². The van der Waals surface area contributed by atoms with Crippen LogP contribution in [0.4, 0.5) is 5.69 Å². The lowest BCUT2D eigenvalue weighted by molar-refractivity contribution is 0.0953. The first-order valence-electron chi connectivity index (χ1n) is 11.1. The minimum absolute atomic E-state index is 0.125. The molecule has 0 aliphatic carbocycles. The minimum Gasteiger partial charge on any atom is -0.352 e. The lowest BCUT2D eigenvalue weighted by atomic mass is 10.1. The van der Waals surface area contributed by atoms with Crippen molar-refractivity contribution in [1.29, 1.82) is 0 Å². The number of nitrogens with one attached hydrogen (secondary N) is 1. The van der Waals surface area contributed by atoms with Gasteiger partial charge in [0.05, 0.1) is 18.5 Å². The Morgan fingerprint density at radius 2 is 1.58 bits per heavy atom. The summed E-state index contributed by atoms with van der Waals surface area (Å²) in [6.07, 6.45) is 3.00. The summed E-state index contributed by atoms with van der Waals surface area (Å²) in [5, 5.41) is 2.96. The summed E-state index contributed by atoms with van der Waals surface area (Å²) >= 11 is 0. The number of aryl methyl sites for hydroxylation is 4. The van der Waals surface area contributed by atoms with Crippen molar-refractivity contribution in [2.24, 2.45) is 0 Å². The van der Waals surface area contributed by atoms with Gasteiger partial charge in [-0.3, -0.25) is 9.10 Å². The number of benzene rings is 3. The van der Waals surface area contributed by atoms with Crippen LogP contribution < -0.4 is 9.62 Å². The molecule has 0 atom stereocenters. The maximum Gasteiger partial charge on any atom is 0.251 e. The third-order valence-electron chi connectivity index (χ3n) is 5.59. The zero-order valence-corrected chi connectivity index (χ0v) is 20.6. The topological polar surface area (TPSA) is 66.5 Å². The summed E-state index contributed by atoms with van der Waals surface area (Å²) in [5.74, 6) is -0.125. The molecular formula is C27H32N2O3S. The second-order valence-corrected chi connectivity index (χ2v) is 10.5. The van der Waals surface area contributed by atoms with Crippen LogP contribution in [0.1, 0.15) is 44.6 Å². The van der Waals surface area contributed by atoms with Crippen molar-refractivity contribution in [2.45, 2.75) is 40.2 Å². The van der Waals surface area contributed by atoms with Gasteiger partial charge in [0.15, 0.2) is 0 Å². The van der Waals surface area contributed by atoms with Gasteiger partial charge in [0.1, 0.15) is 0 Å². The minimum atomic E-state index is -3.47. The Morgan fingerprint density at radius 1 is 0.879 bits per heavy atom. The Balaban J connectivity index is 1.61. The standard InChI is InChI=1S/C27H32N2O3S/c1-20-7-5-8-23(17-20)9-6-16-28-27(30)25-14-12-24(13-15-25)19-29(33(4,31)32)26-18-21(2)10-11-22(26)3/h5,7-8,10-15,17-18H,6,9,16,19H2,1-4H3,(H,28,30). The summed E-state index contributed by atoms with van der Waals surface area (Å²) in [5.41, 5.74) is 6.46. The van der Waals surface area contributed by atoms with Crippen molar-refractivity contribution in [2.75, 3.05) is 17.1 Å². The highest BCUT2D eigenvalue weighted by Crippen LogP contribution is 2.26. The van der Waals surface area contributed by atoms with Gasteiger partial charge in [-0.2, -0.15) is 0 Å². The molecule has 0 aliphatic heterocycles. The number of hydrogen-bond acceptors (Lipinski definition) is 3. The van der Waals surface area contributed by atoms with Crippen molar-refractivity contribution in [3.05, 3.63) is 100 Å². The molecule has 0 saturated heterocycles. The largest absolute Gasteiger partial charge is 0.352 e. The van der Waals surface area contributed by atoms with Crippen LogP contribution in [0.3, 0.4) is 0 Å². The van der Waals surface area contributed by atoms with E-state index in [1.165, 1.54) is 21.7 Å². The van der Waals surface area contributed by atoms with Crippen LogP contribution in [0, 0.1) is 20.8 Å². The fraction of sp³-hybridized carbons (Fsp3) is 0.296. The molecule has 174 valence electrons. The van der Waals surface area contributed by atoms with Crippen molar-refractivity contribution >= 4 is 21.6 Å².